The molecule has 19 heavy (non-hydrogen) atoms. The van der Waals surface area contributed by atoms with Gasteiger partial charge in [-0.05, 0) is 0 Å². The molecule has 106 valence electrons. The van der Waals surface area contributed by atoms with Gasteiger partial charge in [0.2, 0.25) is 0 Å². The van der Waals surface area contributed by atoms with Crippen molar-refractivity contribution in [2.75, 3.05) is 31.2 Å². The molecule has 0 aliphatic carbocycles. The molecule has 0 atom stereocenters. The Bertz CT molecular complexity index is 447. The molecule has 3 rings (SSSR count). The van der Waals surface area contributed by atoms with Crippen LogP contribution in [0.2, 0.25) is 0 Å². The van der Waals surface area contributed by atoms with Crippen LogP contribution in [-0.4, -0.2) is 37.1 Å². The van der Waals surface area contributed by atoms with Crippen LogP contribution < -0.4 is 4.90 Å². The molecule has 0 radical (unpaired) electrons. The maximum absolute atomic E-state index is 12.5. The molecule has 0 aromatic carbocycles. The largest absolute Gasteiger partial charge is 0.434 e. The molecule has 0 amide bonds. The summed E-state index contributed by atoms with van der Waals surface area (Å²) in [6.07, 6.45) is -3.05. The summed E-state index contributed by atoms with van der Waals surface area (Å²) in [5.74, 6) is -0.513. The van der Waals surface area contributed by atoms with Crippen molar-refractivity contribution in [2.45, 2.75) is 24.8 Å². The Morgan fingerprint density at radius 3 is 2.37 bits per heavy atom. The van der Waals surface area contributed by atoms with Crippen molar-refractivity contribution in [3.63, 3.8) is 0 Å². The van der Waals surface area contributed by atoms with Crippen LogP contribution in [0, 0.1) is 0 Å². The standard InChI is InChI=1S/C11H13F3N2O2S/c12-11(13,14)8-7-19-9(15-8)16-3-1-10(2-4-16)17-5-6-18-10/h7H,1-6H2. The molecule has 4 nitrogen and oxygen atoms in total. The second-order valence-electron chi connectivity index (χ2n) is 4.61. The molecule has 3 heterocycles. The smallest absolute Gasteiger partial charge is 0.348 e. The van der Waals surface area contributed by atoms with E-state index >= 15 is 0 Å². The van der Waals surface area contributed by atoms with Crippen LogP contribution in [0.4, 0.5) is 18.3 Å². The fourth-order valence-corrected chi connectivity index (χ4v) is 3.25. The van der Waals surface area contributed by atoms with Crippen molar-refractivity contribution in [3.05, 3.63) is 11.1 Å². The number of thiazole rings is 1. The Balaban J connectivity index is 1.66. The number of hydrogen-bond acceptors (Lipinski definition) is 5. The molecule has 8 heteroatoms. The van der Waals surface area contributed by atoms with Crippen LogP contribution in [0.25, 0.3) is 0 Å². The Labute approximate surface area is 112 Å². The number of aromatic nitrogens is 1. The lowest BCUT2D eigenvalue weighted by molar-refractivity contribution is -0.169. The Morgan fingerprint density at radius 2 is 1.84 bits per heavy atom. The lowest BCUT2D eigenvalue weighted by Gasteiger charge is -2.37. The molecule has 1 aromatic heterocycles. The van der Waals surface area contributed by atoms with Gasteiger partial charge in [-0.15, -0.1) is 11.3 Å². The fraction of sp³-hybridized carbons (Fsp3) is 0.727. The van der Waals surface area contributed by atoms with Crippen LogP contribution in [0.3, 0.4) is 0 Å². The van der Waals surface area contributed by atoms with Crippen molar-refractivity contribution >= 4 is 16.5 Å². The molecule has 1 spiro atoms. The quantitative estimate of drug-likeness (QED) is 0.797. The maximum Gasteiger partial charge on any atom is 0.434 e. The average molecular weight is 294 g/mol. The molecule has 0 bridgehead atoms. The predicted molar refractivity (Wildman–Crippen MR) is 63.2 cm³/mol. The van der Waals surface area contributed by atoms with Crippen LogP contribution in [-0.2, 0) is 15.7 Å². The van der Waals surface area contributed by atoms with Crippen molar-refractivity contribution in [1.82, 2.24) is 4.98 Å². The molecule has 1 aromatic rings. The fourth-order valence-electron chi connectivity index (χ4n) is 2.36. The van der Waals surface area contributed by atoms with E-state index in [1.807, 2.05) is 4.90 Å². The minimum absolute atomic E-state index is 0.417. The monoisotopic (exact) mass is 294 g/mol. The lowest BCUT2D eigenvalue weighted by atomic mass is 10.0. The number of rotatable bonds is 1. The van der Waals surface area contributed by atoms with E-state index in [0.29, 0.717) is 44.3 Å². The van der Waals surface area contributed by atoms with Gasteiger partial charge in [-0.3, -0.25) is 0 Å². The van der Waals surface area contributed by atoms with Gasteiger partial charge in [-0.25, -0.2) is 4.98 Å². The Morgan fingerprint density at radius 1 is 1.21 bits per heavy atom. The highest BCUT2D eigenvalue weighted by atomic mass is 32.1. The molecule has 0 N–H and O–H groups in total. The van der Waals surface area contributed by atoms with Crippen LogP contribution >= 0.6 is 11.3 Å². The molecule has 2 saturated heterocycles. The molecular weight excluding hydrogens is 281 g/mol. The van der Waals surface area contributed by atoms with Crippen molar-refractivity contribution in [3.8, 4) is 0 Å². The highest BCUT2D eigenvalue weighted by molar-refractivity contribution is 7.13. The van der Waals surface area contributed by atoms with Gasteiger partial charge in [0.15, 0.2) is 16.6 Å². The van der Waals surface area contributed by atoms with E-state index in [1.54, 1.807) is 0 Å². The summed E-state index contributed by atoms with van der Waals surface area (Å²) in [5, 5.41) is 1.47. The average Bonchev–Trinajstić information content (AvgIpc) is 2.99. The minimum Gasteiger partial charge on any atom is -0.348 e. The third-order valence-electron chi connectivity index (χ3n) is 3.39. The number of hydrogen-bond donors (Lipinski definition) is 0. The summed E-state index contributed by atoms with van der Waals surface area (Å²) >= 11 is 1.03. The summed E-state index contributed by atoms with van der Waals surface area (Å²) in [4.78, 5) is 5.52. The summed E-state index contributed by atoms with van der Waals surface area (Å²) in [6.45, 7) is 2.39. The zero-order valence-corrected chi connectivity index (χ0v) is 10.9. The SMILES string of the molecule is FC(F)(F)c1csc(N2CCC3(CC2)OCCO3)n1. The molecule has 0 unspecified atom stereocenters. The van der Waals surface area contributed by atoms with E-state index < -0.39 is 17.7 Å². The van der Waals surface area contributed by atoms with Gasteiger partial charge in [0.25, 0.3) is 0 Å². The second-order valence-corrected chi connectivity index (χ2v) is 5.44. The van der Waals surface area contributed by atoms with Crippen LogP contribution in [0.15, 0.2) is 5.38 Å². The Hall–Kier alpha value is -0.860. The van der Waals surface area contributed by atoms with E-state index in [0.717, 1.165) is 16.7 Å². The summed E-state index contributed by atoms with van der Waals surface area (Å²) in [6, 6.07) is 0. The van der Waals surface area contributed by atoms with Gasteiger partial charge in [-0.1, -0.05) is 0 Å². The van der Waals surface area contributed by atoms with Gasteiger partial charge in [0.05, 0.1) is 13.2 Å². The van der Waals surface area contributed by atoms with Crippen molar-refractivity contribution in [2.24, 2.45) is 0 Å². The topological polar surface area (TPSA) is 34.6 Å². The van der Waals surface area contributed by atoms with Gasteiger partial charge in [0.1, 0.15) is 0 Å². The number of ether oxygens (including phenoxy) is 2. The van der Waals surface area contributed by atoms with Crippen molar-refractivity contribution in [1.29, 1.82) is 0 Å². The molecule has 0 saturated carbocycles. The number of anilines is 1. The van der Waals surface area contributed by atoms with E-state index in [1.165, 1.54) is 0 Å². The summed E-state index contributed by atoms with van der Waals surface area (Å²) in [5.41, 5.74) is -0.818. The van der Waals surface area contributed by atoms with E-state index in [9.17, 15) is 13.2 Å². The zero-order chi connectivity index (χ0) is 13.5. The molecule has 2 fully saturated rings. The highest BCUT2D eigenvalue weighted by Crippen LogP contribution is 2.36. The van der Waals surface area contributed by atoms with E-state index in [-0.39, 0.29) is 0 Å². The van der Waals surface area contributed by atoms with Crippen LogP contribution in [0.1, 0.15) is 18.5 Å². The van der Waals surface area contributed by atoms with Crippen molar-refractivity contribution < 1.29 is 22.6 Å². The number of nitrogens with zero attached hydrogens (tertiary/aromatic N) is 2. The normalized spacial score (nSPS) is 23.2. The second kappa shape index (κ2) is 4.60. The van der Waals surface area contributed by atoms with E-state index in [2.05, 4.69) is 4.98 Å². The maximum atomic E-state index is 12.5. The van der Waals surface area contributed by atoms with E-state index in [4.69, 9.17) is 9.47 Å². The number of piperidine rings is 1. The number of halogens is 3. The van der Waals surface area contributed by atoms with Gasteiger partial charge in [-0.2, -0.15) is 13.2 Å². The van der Waals surface area contributed by atoms with Gasteiger partial charge in [0, 0.05) is 31.3 Å². The Kier molecular flexibility index (Phi) is 3.18. The van der Waals surface area contributed by atoms with Crippen LogP contribution in [0.5, 0.6) is 0 Å². The summed E-state index contributed by atoms with van der Waals surface area (Å²) < 4.78 is 48.6. The first-order chi connectivity index (χ1) is 8.99. The zero-order valence-electron chi connectivity index (χ0n) is 10.1. The molecule has 2 aliphatic rings. The minimum atomic E-state index is -4.37. The summed E-state index contributed by atoms with van der Waals surface area (Å²) in [7, 11) is 0. The number of alkyl halides is 3. The molecular formula is C11H13F3N2O2S. The van der Waals surface area contributed by atoms with Gasteiger partial charge >= 0.3 is 6.18 Å². The van der Waals surface area contributed by atoms with Gasteiger partial charge < -0.3 is 14.4 Å². The first-order valence-electron chi connectivity index (χ1n) is 6.04. The predicted octanol–water partition coefficient (Wildman–Crippen LogP) is 2.51. The molecule has 2 aliphatic heterocycles. The highest BCUT2D eigenvalue weighted by Gasteiger charge is 2.41. The third kappa shape index (κ3) is 2.56. The first kappa shape index (κ1) is 13.1. The first-order valence-corrected chi connectivity index (χ1v) is 6.92. The third-order valence-corrected chi connectivity index (χ3v) is 4.29. The lowest BCUT2D eigenvalue weighted by Crippen LogP contribution is -2.45.